The van der Waals surface area contributed by atoms with Gasteiger partial charge in [-0.2, -0.15) is 0 Å². The summed E-state index contributed by atoms with van der Waals surface area (Å²) in [7, 11) is 0. The second kappa shape index (κ2) is 8.39. The summed E-state index contributed by atoms with van der Waals surface area (Å²) >= 11 is 0. The number of nitrogens with one attached hydrogen (secondary N) is 1. The minimum Gasteiger partial charge on any atom is -0.458 e. The molecule has 0 aromatic rings. The number of carbonyl (C=O) groups is 2. The minimum absolute atomic E-state index is 0.156. The van der Waals surface area contributed by atoms with Crippen LogP contribution in [0.25, 0.3) is 0 Å². The molecule has 1 aliphatic carbocycles. The summed E-state index contributed by atoms with van der Waals surface area (Å²) in [5.41, 5.74) is -0.772. The third kappa shape index (κ3) is 8.56. The number of carbonyl (C=O) groups excluding carboxylic acids is 2. The van der Waals surface area contributed by atoms with E-state index in [1.54, 1.807) is 27.7 Å². The molecule has 0 spiro atoms. The molecule has 1 saturated carbocycles. The summed E-state index contributed by atoms with van der Waals surface area (Å²) in [6, 6.07) is -0.790. The van der Waals surface area contributed by atoms with Gasteiger partial charge in [0.25, 0.3) is 0 Å². The zero-order valence-electron chi connectivity index (χ0n) is 17.0. The van der Waals surface area contributed by atoms with Crippen LogP contribution in [0.2, 0.25) is 0 Å². The third-order valence-corrected chi connectivity index (χ3v) is 3.88. The van der Waals surface area contributed by atoms with Crippen molar-refractivity contribution in [2.45, 2.75) is 92.1 Å². The molecule has 0 bridgehead atoms. The summed E-state index contributed by atoms with van der Waals surface area (Å²) in [5.74, 6) is 0.142. The van der Waals surface area contributed by atoms with E-state index in [2.05, 4.69) is 26.1 Å². The van der Waals surface area contributed by atoms with Crippen molar-refractivity contribution in [1.82, 2.24) is 5.32 Å². The summed E-state index contributed by atoms with van der Waals surface area (Å²) in [6.45, 7) is 15.6. The van der Waals surface area contributed by atoms with Crippen LogP contribution in [0.4, 0.5) is 4.79 Å². The topological polar surface area (TPSA) is 73.9 Å². The molecule has 0 aliphatic heterocycles. The standard InChI is InChI=1S/C19H35NO5/c1-12(20-17(22)25-19(6,7)8)16(21)24-13(2)15(18(3,4)5)23-11-14-9-10-14/h12-15H,9-11H2,1-8H3,(H,20,22)/t12-,13-,15-/m0/s1. The summed E-state index contributed by atoms with van der Waals surface area (Å²) < 4.78 is 16.7. The molecule has 146 valence electrons. The third-order valence-electron chi connectivity index (χ3n) is 3.88. The van der Waals surface area contributed by atoms with Crippen molar-refractivity contribution >= 4 is 12.1 Å². The number of hydrogen-bond acceptors (Lipinski definition) is 5. The van der Waals surface area contributed by atoms with E-state index in [0.717, 1.165) is 0 Å². The van der Waals surface area contributed by atoms with E-state index < -0.39 is 29.8 Å². The molecular weight excluding hydrogens is 322 g/mol. The summed E-state index contributed by atoms with van der Waals surface area (Å²) in [5, 5.41) is 2.50. The SMILES string of the molecule is C[C@H](NC(=O)OC(C)(C)C)C(=O)O[C@@H](C)[C@H](OCC1CC1)C(C)(C)C. The highest BCUT2D eigenvalue weighted by molar-refractivity contribution is 5.81. The predicted molar refractivity (Wildman–Crippen MR) is 96.3 cm³/mol. The van der Waals surface area contributed by atoms with E-state index in [9.17, 15) is 9.59 Å². The van der Waals surface area contributed by atoms with Crippen molar-refractivity contribution in [1.29, 1.82) is 0 Å². The van der Waals surface area contributed by atoms with Gasteiger partial charge in [-0.3, -0.25) is 0 Å². The van der Waals surface area contributed by atoms with Gasteiger partial charge in [0, 0.05) is 6.61 Å². The highest BCUT2D eigenvalue weighted by Crippen LogP contribution is 2.33. The van der Waals surface area contributed by atoms with E-state index >= 15 is 0 Å². The van der Waals surface area contributed by atoms with Crippen LogP contribution < -0.4 is 5.32 Å². The van der Waals surface area contributed by atoms with Gasteiger partial charge in [-0.25, -0.2) is 9.59 Å². The maximum Gasteiger partial charge on any atom is 0.408 e. The molecular formula is C19H35NO5. The maximum absolute atomic E-state index is 12.3. The van der Waals surface area contributed by atoms with Gasteiger partial charge in [-0.05, 0) is 58.8 Å². The summed E-state index contributed by atoms with van der Waals surface area (Å²) in [4.78, 5) is 24.1. The lowest BCUT2D eigenvalue weighted by Crippen LogP contribution is -2.46. The van der Waals surface area contributed by atoms with E-state index in [1.807, 2.05) is 6.92 Å². The first-order valence-electron chi connectivity index (χ1n) is 9.11. The summed E-state index contributed by atoms with van der Waals surface area (Å²) in [6.07, 6.45) is 1.17. The predicted octanol–water partition coefficient (Wildman–Crippen LogP) is 3.67. The van der Waals surface area contributed by atoms with Crippen molar-refractivity contribution < 1.29 is 23.8 Å². The smallest absolute Gasteiger partial charge is 0.408 e. The van der Waals surface area contributed by atoms with Crippen LogP contribution in [0.15, 0.2) is 0 Å². The lowest BCUT2D eigenvalue weighted by Gasteiger charge is -2.35. The van der Waals surface area contributed by atoms with Gasteiger partial charge in [0.05, 0.1) is 6.10 Å². The Morgan fingerprint density at radius 2 is 1.64 bits per heavy atom. The Morgan fingerprint density at radius 3 is 2.08 bits per heavy atom. The zero-order valence-corrected chi connectivity index (χ0v) is 17.0. The normalized spacial score (nSPS) is 18.9. The molecule has 1 amide bonds. The van der Waals surface area contributed by atoms with Gasteiger partial charge >= 0.3 is 12.1 Å². The molecule has 1 aliphatic rings. The van der Waals surface area contributed by atoms with Gasteiger partial charge in [-0.1, -0.05) is 20.8 Å². The Morgan fingerprint density at radius 1 is 1.08 bits per heavy atom. The van der Waals surface area contributed by atoms with Crippen molar-refractivity contribution in [3.8, 4) is 0 Å². The molecule has 0 radical (unpaired) electrons. The number of hydrogen-bond donors (Lipinski definition) is 1. The fourth-order valence-electron chi connectivity index (χ4n) is 2.50. The van der Waals surface area contributed by atoms with E-state index in [1.165, 1.54) is 12.8 Å². The molecule has 1 rings (SSSR count). The first-order chi connectivity index (χ1) is 11.3. The highest BCUT2D eigenvalue weighted by atomic mass is 16.6. The van der Waals surface area contributed by atoms with Crippen molar-refractivity contribution in [3.63, 3.8) is 0 Å². The second-order valence-corrected chi connectivity index (χ2v) is 9.07. The van der Waals surface area contributed by atoms with Crippen molar-refractivity contribution in [2.75, 3.05) is 6.61 Å². The fraction of sp³-hybridized carbons (Fsp3) is 0.895. The van der Waals surface area contributed by atoms with Gasteiger partial charge in [0.1, 0.15) is 17.7 Å². The number of ether oxygens (including phenoxy) is 3. The van der Waals surface area contributed by atoms with E-state index in [-0.39, 0.29) is 11.5 Å². The van der Waals surface area contributed by atoms with Crippen molar-refractivity contribution in [3.05, 3.63) is 0 Å². The molecule has 0 heterocycles. The van der Waals surface area contributed by atoms with Gasteiger partial charge < -0.3 is 19.5 Å². The number of alkyl carbamates (subject to hydrolysis) is 1. The molecule has 0 aromatic heterocycles. The first kappa shape index (κ1) is 21.7. The fourth-order valence-corrected chi connectivity index (χ4v) is 2.50. The Balaban J connectivity index is 2.54. The number of amides is 1. The van der Waals surface area contributed by atoms with E-state index in [0.29, 0.717) is 12.5 Å². The Labute approximate surface area is 152 Å². The minimum atomic E-state index is -0.790. The molecule has 0 aromatic carbocycles. The van der Waals surface area contributed by atoms with Crippen LogP contribution in [0.1, 0.15) is 68.2 Å². The van der Waals surface area contributed by atoms with Gasteiger partial charge in [0.2, 0.25) is 0 Å². The van der Waals surface area contributed by atoms with Gasteiger partial charge in [0.15, 0.2) is 0 Å². The van der Waals surface area contributed by atoms with Crippen LogP contribution >= 0.6 is 0 Å². The highest BCUT2D eigenvalue weighted by Gasteiger charge is 2.36. The Kier molecular flexibility index (Phi) is 7.29. The lowest BCUT2D eigenvalue weighted by molar-refractivity contribution is -0.165. The average Bonchev–Trinajstić information content (AvgIpc) is 3.18. The Bertz CT molecular complexity index is 459. The molecule has 25 heavy (non-hydrogen) atoms. The quantitative estimate of drug-likeness (QED) is 0.704. The van der Waals surface area contributed by atoms with Crippen LogP contribution in [-0.2, 0) is 19.0 Å². The van der Waals surface area contributed by atoms with Crippen LogP contribution in [0, 0.1) is 11.3 Å². The lowest BCUT2D eigenvalue weighted by atomic mass is 9.86. The molecule has 6 heteroatoms. The van der Waals surface area contributed by atoms with Crippen LogP contribution in [0.5, 0.6) is 0 Å². The molecule has 1 fully saturated rings. The first-order valence-corrected chi connectivity index (χ1v) is 9.11. The largest absolute Gasteiger partial charge is 0.458 e. The molecule has 0 unspecified atom stereocenters. The van der Waals surface area contributed by atoms with Crippen LogP contribution in [0.3, 0.4) is 0 Å². The van der Waals surface area contributed by atoms with Crippen molar-refractivity contribution in [2.24, 2.45) is 11.3 Å². The Hall–Kier alpha value is -1.30. The number of rotatable bonds is 7. The average molecular weight is 357 g/mol. The maximum atomic E-state index is 12.3. The second-order valence-electron chi connectivity index (χ2n) is 9.07. The molecule has 0 saturated heterocycles. The zero-order chi connectivity index (χ0) is 19.4. The number of esters is 1. The molecule has 3 atom stereocenters. The molecule has 1 N–H and O–H groups in total. The monoisotopic (exact) mass is 357 g/mol. The van der Waals surface area contributed by atoms with Crippen LogP contribution in [-0.4, -0.2) is 42.5 Å². The van der Waals surface area contributed by atoms with Gasteiger partial charge in [-0.15, -0.1) is 0 Å². The van der Waals surface area contributed by atoms with E-state index in [4.69, 9.17) is 14.2 Å². The molecule has 6 nitrogen and oxygen atoms in total.